The van der Waals surface area contributed by atoms with E-state index in [-0.39, 0.29) is 6.61 Å². The highest BCUT2D eigenvalue weighted by molar-refractivity contribution is 7.98. The summed E-state index contributed by atoms with van der Waals surface area (Å²) in [6.45, 7) is 1.16. The largest absolute Gasteiger partial charge is 0.392 e. The number of rotatable bonds is 4. The topological polar surface area (TPSA) is 25.2 Å². The molecule has 0 amide bonds. The molecular formula is C12H15NOS. The van der Waals surface area contributed by atoms with Crippen molar-refractivity contribution in [1.82, 2.24) is 4.57 Å². The van der Waals surface area contributed by atoms with Crippen molar-refractivity contribution >= 4 is 22.7 Å². The minimum atomic E-state index is 0.117. The molecule has 0 aliphatic heterocycles. The molecule has 1 aromatic heterocycles. The fourth-order valence-electron chi connectivity index (χ4n) is 1.73. The van der Waals surface area contributed by atoms with Crippen molar-refractivity contribution in [1.29, 1.82) is 0 Å². The van der Waals surface area contributed by atoms with Crippen LogP contribution in [0.1, 0.15) is 5.56 Å². The smallest absolute Gasteiger partial charge is 0.0682 e. The second kappa shape index (κ2) is 4.73. The third kappa shape index (κ3) is 2.19. The van der Waals surface area contributed by atoms with Gasteiger partial charge in [0.05, 0.1) is 6.61 Å². The number of fused-ring (bicyclic) bond motifs is 1. The molecule has 1 N–H and O–H groups in total. The Balaban J connectivity index is 2.34. The lowest BCUT2D eigenvalue weighted by Crippen LogP contribution is -1.97. The van der Waals surface area contributed by atoms with Crippen LogP contribution in [0.15, 0.2) is 30.5 Å². The van der Waals surface area contributed by atoms with E-state index in [9.17, 15) is 0 Å². The second-order valence-electron chi connectivity index (χ2n) is 3.55. The van der Waals surface area contributed by atoms with Crippen LogP contribution < -0.4 is 0 Å². The Morgan fingerprint density at radius 2 is 2.20 bits per heavy atom. The van der Waals surface area contributed by atoms with Gasteiger partial charge in [0.15, 0.2) is 0 Å². The van der Waals surface area contributed by atoms with Gasteiger partial charge in [-0.1, -0.05) is 6.07 Å². The van der Waals surface area contributed by atoms with E-state index in [0.717, 1.165) is 17.9 Å². The van der Waals surface area contributed by atoms with Gasteiger partial charge in [-0.15, -0.1) is 0 Å². The average Bonchev–Trinajstić information content (AvgIpc) is 2.68. The average molecular weight is 221 g/mol. The van der Waals surface area contributed by atoms with Crippen LogP contribution in [0.5, 0.6) is 0 Å². The summed E-state index contributed by atoms with van der Waals surface area (Å²) in [6.07, 6.45) is 4.23. The molecule has 80 valence electrons. The van der Waals surface area contributed by atoms with E-state index in [1.807, 2.05) is 23.9 Å². The van der Waals surface area contributed by atoms with Crippen LogP contribution in [0, 0.1) is 0 Å². The van der Waals surface area contributed by atoms with Gasteiger partial charge in [0, 0.05) is 24.0 Å². The molecule has 3 heteroatoms. The molecule has 2 rings (SSSR count). The Bertz CT molecular complexity index is 450. The molecule has 0 bridgehead atoms. The van der Waals surface area contributed by atoms with Crippen LogP contribution >= 0.6 is 11.8 Å². The molecule has 1 aromatic carbocycles. The van der Waals surface area contributed by atoms with Gasteiger partial charge >= 0.3 is 0 Å². The fraction of sp³-hybridized carbons (Fsp3) is 0.333. The summed E-state index contributed by atoms with van der Waals surface area (Å²) < 4.78 is 2.26. The predicted octanol–water partition coefficient (Wildman–Crippen LogP) is 2.50. The number of thioether (sulfide) groups is 1. The zero-order chi connectivity index (χ0) is 10.7. The molecule has 1 heterocycles. The Morgan fingerprint density at radius 3 is 2.93 bits per heavy atom. The lowest BCUT2D eigenvalue weighted by Gasteiger charge is -2.04. The highest BCUT2D eigenvalue weighted by Crippen LogP contribution is 2.18. The Hall–Kier alpha value is -0.930. The van der Waals surface area contributed by atoms with Crippen LogP contribution in [0.4, 0.5) is 0 Å². The highest BCUT2D eigenvalue weighted by atomic mass is 32.2. The van der Waals surface area contributed by atoms with Crippen LogP contribution in [0.25, 0.3) is 10.9 Å². The van der Waals surface area contributed by atoms with Gasteiger partial charge in [0.1, 0.15) is 0 Å². The van der Waals surface area contributed by atoms with Crippen molar-refractivity contribution < 1.29 is 5.11 Å². The zero-order valence-corrected chi connectivity index (χ0v) is 9.63. The van der Waals surface area contributed by atoms with E-state index < -0.39 is 0 Å². The first-order valence-corrected chi connectivity index (χ1v) is 6.42. The van der Waals surface area contributed by atoms with Gasteiger partial charge in [-0.25, -0.2) is 0 Å². The molecule has 0 aliphatic rings. The van der Waals surface area contributed by atoms with E-state index in [1.165, 1.54) is 10.9 Å². The third-order valence-electron chi connectivity index (χ3n) is 2.55. The molecule has 0 fully saturated rings. The molecule has 0 radical (unpaired) electrons. The maximum absolute atomic E-state index is 9.04. The molecule has 2 nitrogen and oxygen atoms in total. The molecule has 15 heavy (non-hydrogen) atoms. The lowest BCUT2D eigenvalue weighted by molar-refractivity contribution is 0.282. The summed E-state index contributed by atoms with van der Waals surface area (Å²) in [5, 5.41) is 10.2. The standard InChI is InChI=1S/C12H15NOS/c1-15-7-6-13-5-4-11-8-10(9-14)2-3-12(11)13/h2-5,8,14H,6-7,9H2,1H3. The molecule has 0 saturated heterocycles. The van der Waals surface area contributed by atoms with Gasteiger partial charge < -0.3 is 9.67 Å². The first-order valence-electron chi connectivity index (χ1n) is 5.02. The van der Waals surface area contributed by atoms with Gasteiger partial charge in [0.2, 0.25) is 0 Å². The number of aryl methyl sites for hydroxylation is 1. The quantitative estimate of drug-likeness (QED) is 0.858. The van der Waals surface area contributed by atoms with Crippen molar-refractivity contribution in [2.24, 2.45) is 0 Å². The van der Waals surface area contributed by atoms with Gasteiger partial charge in [-0.3, -0.25) is 0 Å². The van der Waals surface area contributed by atoms with Crippen LogP contribution in [-0.2, 0) is 13.2 Å². The summed E-state index contributed by atoms with van der Waals surface area (Å²) in [6, 6.07) is 8.22. The first kappa shape index (κ1) is 10.6. The van der Waals surface area contributed by atoms with E-state index in [0.29, 0.717) is 0 Å². The minimum Gasteiger partial charge on any atom is -0.392 e. The summed E-state index contributed by atoms with van der Waals surface area (Å²) in [5.74, 6) is 1.13. The number of nitrogens with zero attached hydrogens (tertiary/aromatic N) is 1. The number of benzene rings is 1. The highest BCUT2D eigenvalue weighted by Gasteiger charge is 2.01. The SMILES string of the molecule is CSCCn1ccc2cc(CO)ccc21. The van der Waals surface area contributed by atoms with Crippen molar-refractivity contribution in [3.8, 4) is 0 Å². The molecule has 0 saturated carbocycles. The zero-order valence-electron chi connectivity index (χ0n) is 8.81. The van der Waals surface area contributed by atoms with Crippen LogP contribution in [-0.4, -0.2) is 21.7 Å². The van der Waals surface area contributed by atoms with E-state index in [2.05, 4.69) is 29.2 Å². The van der Waals surface area contributed by atoms with E-state index in [4.69, 9.17) is 5.11 Å². The van der Waals surface area contributed by atoms with Crippen molar-refractivity contribution in [3.63, 3.8) is 0 Å². The molecule has 0 aliphatic carbocycles. The van der Waals surface area contributed by atoms with Crippen molar-refractivity contribution in [3.05, 3.63) is 36.0 Å². The summed E-state index contributed by atoms with van der Waals surface area (Å²) in [4.78, 5) is 0. The minimum absolute atomic E-state index is 0.117. The summed E-state index contributed by atoms with van der Waals surface area (Å²) in [5.41, 5.74) is 2.23. The van der Waals surface area contributed by atoms with Gasteiger partial charge in [-0.2, -0.15) is 11.8 Å². The fourth-order valence-corrected chi connectivity index (χ4v) is 2.11. The van der Waals surface area contributed by atoms with Crippen LogP contribution in [0.3, 0.4) is 0 Å². The lowest BCUT2D eigenvalue weighted by atomic mass is 10.2. The summed E-state index contributed by atoms with van der Waals surface area (Å²) in [7, 11) is 0. The molecular weight excluding hydrogens is 206 g/mol. The first-order chi connectivity index (χ1) is 7.35. The Morgan fingerprint density at radius 1 is 1.33 bits per heavy atom. The van der Waals surface area contributed by atoms with Crippen molar-refractivity contribution in [2.75, 3.05) is 12.0 Å². The molecule has 0 unspecified atom stereocenters. The van der Waals surface area contributed by atoms with E-state index >= 15 is 0 Å². The Kier molecular flexibility index (Phi) is 3.34. The van der Waals surface area contributed by atoms with Gasteiger partial charge in [0.25, 0.3) is 0 Å². The monoisotopic (exact) mass is 221 g/mol. The second-order valence-corrected chi connectivity index (χ2v) is 4.54. The molecule has 0 spiro atoms. The predicted molar refractivity (Wildman–Crippen MR) is 66.2 cm³/mol. The maximum Gasteiger partial charge on any atom is 0.0682 e. The maximum atomic E-state index is 9.04. The number of hydrogen-bond donors (Lipinski definition) is 1. The molecule has 0 atom stereocenters. The third-order valence-corrected chi connectivity index (χ3v) is 3.15. The van der Waals surface area contributed by atoms with Crippen molar-refractivity contribution in [2.45, 2.75) is 13.2 Å². The summed E-state index contributed by atoms with van der Waals surface area (Å²) >= 11 is 1.86. The van der Waals surface area contributed by atoms with E-state index in [1.54, 1.807) is 0 Å². The number of hydrogen-bond acceptors (Lipinski definition) is 2. The van der Waals surface area contributed by atoms with Gasteiger partial charge in [-0.05, 0) is 35.4 Å². The number of aliphatic hydroxyl groups is 1. The Labute approximate surface area is 93.9 Å². The number of aliphatic hydroxyl groups excluding tert-OH is 1. The normalized spacial score (nSPS) is 11.1. The number of aromatic nitrogens is 1. The molecule has 2 aromatic rings. The van der Waals surface area contributed by atoms with Crippen LogP contribution in [0.2, 0.25) is 0 Å².